The number of nitrogens with two attached hydrogens (primary N) is 1. The Morgan fingerprint density at radius 1 is 1.50 bits per heavy atom. The van der Waals surface area contributed by atoms with Gasteiger partial charge in [-0.05, 0) is 17.7 Å². The van der Waals surface area contributed by atoms with Gasteiger partial charge in [-0.3, -0.25) is 0 Å². The Kier molecular flexibility index (Phi) is 4.10. The van der Waals surface area contributed by atoms with Crippen LogP contribution in [0.25, 0.3) is 0 Å². The molecular weight excluding hydrogens is 180 g/mol. The number of rotatable bonds is 5. The van der Waals surface area contributed by atoms with E-state index in [4.69, 9.17) is 10.8 Å². The van der Waals surface area contributed by atoms with Crippen molar-refractivity contribution < 1.29 is 9.90 Å². The van der Waals surface area contributed by atoms with E-state index >= 15 is 0 Å². The second-order valence-electron chi connectivity index (χ2n) is 2.97. The quantitative estimate of drug-likeness (QED) is 0.594. The summed E-state index contributed by atoms with van der Waals surface area (Å²) in [7, 11) is 0. The van der Waals surface area contributed by atoms with Crippen LogP contribution in [0, 0.1) is 0 Å². The Hall–Kier alpha value is -1.39. The molecule has 4 heteroatoms. The number of hydrogen-bond acceptors (Lipinski definition) is 3. The van der Waals surface area contributed by atoms with Crippen molar-refractivity contribution >= 4 is 5.97 Å². The monoisotopic (exact) mass is 194 g/mol. The predicted molar refractivity (Wildman–Crippen MR) is 54.2 cm³/mol. The maximum Gasteiger partial charge on any atom is 0.335 e. The molecule has 0 unspecified atom stereocenters. The third-order valence-corrected chi connectivity index (χ3v) is 1.82. The Balaban J connectivity index is 2.59. The molecule has 0 radical (unpaired) electrons. The van der Waals surface area contributed by atoms with Crippen LogP contribution in [0.3, 0.4) is 0 Å². The van der Waals surface area contributed by atoms with Crippen LogP contribution in [0.4, 0.5) is 0 Å². The lowest BCUT2D eigenvalue weighted by atomic mass is 10.1. The highest BCUT2D eigenvalue weighted by molar-refractivity contribution is 5.87. The fraction of sp³-hybridized carbons (Fsp3) is 0.300. The summed E-state index contributed by atoms with van der Waals surface area (Å²) in [5, 5.41) is 11.8. The summed E-state index contributed by atoms with van der Waals surface area (Å²) in [5.41, 5.74) is 6.59. The van der Waals surface area contributed by atoms with Gasteiger partial charge in [0.1, 0.15) is 0 Å². The third kappa shape index (κ3) is 3.16. The Morgan fingerprint density at radius 3 is 2.93 bits per heavy atom. The number of carboxylic acid groups (broad SMARTS) is 1. The van der Waals surface area contributed by atoms with E-state index in [0.29, 0.717) is 18.7 Å². The van der Waals surface area contributed by atoms with Gasteiger partial charge < -0.3 is 16.2 Å². The summed E-state index contributed by atoms with van der Waals surface area (Å²) in [4.78, 5) is 10.6. The lowest BCUT2D eigenvalue weighted by molar-refractivity contribution is 0.0697. The largest absolute Gasteiger partial charge is 0.478 e. The van der Waals surface area contributed by atoms with Crippen LogP contribution in [-0.2, 0) is 6.54 Å². The summed E-state index contributed by atoms with van der Waals surface area (Å²) in [6.07, 6.45) is 0. The summed E-state index contributed by atoms with van der Waals surface area (Å²) < 4.78 is 0. The van der Waals surface area contributed by atoms with E-state index in [0.717, 1.165) is 12.1 Å². The van der Waals surface area contributed by atoms with Crippen LogP contribution in [0.15, 0.2) is 24.3 Å². The van der Waals surface area contributed by atoms with Gasteiger partial charge in [-0.1, -0.05) is 12.1 Å². The van der Waals surface area contributed by atoms with E-state index in [1.807, 2.05) is 6.07 Å². The first-order valence-corrected chi connectivity index (χ1v) is 4.47. The molecule has 0 aliphatic carbocycles. The van der Waals surface area contributed by atoms with Crippen molar-refractivity contribution in [1.82, 2.24) is 5.32 Å². The van der Waals surface area contributed by atoms with Gasteiger partial charge in [0.05, 0.1) is 5.56 Å². The minimum absolute atomic E-state index is 0.317. The number of benzene rings is 1. The summed E-state index contributed by atoms with van der Waals surface area (Å²) in [6, 6.07) is 6.86. The molecule has 76 valence electrons. The highest BCUT2D eigenvalue weighted by Crippen LogP contribution is 2.04. The molecule has 14 heavy (non-hydrogen) atoms. The topological polar surface area (TPSA) is 75.3 Å². The molecule has 0 saturated carbocycles. The zero-order chi connectivity index (χ0) is 10.4. The average Bonchev–Trinajstić information content (AvgIpc) is 2.19. The molecule has 0 aliphatic rings. The van der Waals surface area contributed by atoms with Crippen LogP contribution in [0.5, 0.6) is 0 Å². The molecule has 0 spiro atoms. The molecule has 0 saturated heterocycles. The van der Waals surface area contributed by atoms with Gasteiger partial charge in [-0.2, -0.15) is 0 Å². The molecular formula is C10H14N2O2. The fourth-order valence-corrected chi connectivity index (χ4v) is 1.15. The van der Waals surface area contributed by atoms with Gasteiger partial charge in [0.25, 0.3) is 0 Å². The maximum absolute atomic E-state index is 10.6. The summed E-state index contributed by atoms with van der Waals surface area (Å²) >= 11 is 0. The molecule has 0 fully saturated rings. The molecule has 0 heterocycles. The Morgan fingerprint density at radius 2 is 2.29 bits per heavy atom. The van der Waals surface area contributed by atoms with Crippen LogP contribution in [0.1, 0.15) is 15.9 Å². The molecule has 1 aromatic rings. The molecule has 0 bridgehead atoms. The van der Waals surface area contributed by atoms with Gasteiger partial charge >= 0.3 is 5.97 Å². The first kappa shape index (κ1) is 10.7. The van der Waals surface area contributed by atoms with Crippen molar-refractivity contribution in [3.8, 4) is 0 Å². The number of hydrogen-bond donors (Lipinski definition) is 3. The summed E-state index contributed by atoms with van der Waals surface area (Å²) in [5.74, 6) is -0.898. The highest BCUT2D eigenvalue weighted by atomic mass is 16.4. The first-order chi connectivity index (χ1) is 6.74. The van der Waals surface area contributed by atoms with E-state index in [1.165, 1.54) is 0 Å². The number of aromatic carboxylic acids is 1. The van der Waals surface area contributed by atoms with Gasteiger partial charge in [0.2, 0.25) is 0 Å². The predicted octanol–water partition coefficient (Wildman–Crippen LogP) is 0.433. The van der Waals surface area contributed by atoms with Gasteiger partial charge in [0, 0.05) is 19.6 Å². The SMILES string of the molecule is NCCNCc1cccc(C(=O)O)c1. The van der Waals surface area contributed by atoms with E-state index in [2.05, 4.69) is 5.32 Å². The zero-order valence-electron chi connectivity index (χ0n) is 7.86. The van der Waals surface area contributed by atoms with Gasteiger partial charge in [-0.15, -0.1) is 0 Å². The molecule has 0 aromatic heterocycles. The molecule has 4 nitrogen and oxygen atoms in total. The van der Waals surface area contributed by atoms with Gasteiger partial charge in [-0.25, -0.2) is 4.79 Å². The number of carboxylic acids is 1. The standard InChI is InChI=1S/C10H14N2O2/c11-4-5-12-7-8-2-1-3-9(6-8)10(13)14/h1-3,6,12H,4-5,7,11H2,(H,13,14). The molecule has 1 aromatic carbocycles. The van der Waals surface area contributed by atoms with Crippen molar-refractivity contribution in [2.75, 3.05) is 13.1 Å². The zero-order valence-corrected chi connectivity index (χ0v) is 7.86. The first-order valence-electron chi connectivity index (χ1n) is 4.47. The number of carbonyl (C=O) groups is 1. The van der Waals surface area contributed by atoms with E-state index in [1.54, 1.807) is 18.2 Å². The smallest absolute Gasteiger partial charge is 0.335 e. The molecule has 1 rings (SSSR count). The van der Waals surface area contributed by atoms with Crippen molar-refractivity contribution in [3.63, 3.8) is 0 Å². The molecule has 4 N–H and O–H groups in total. The number of nitrogens with one attached hydrogen (secondary N) is 1. The van der Waals surface area contributed by atoms with Gasteiger partial charge in [0.15, 0.2) is 0 Å². The van der Waals surface area contributed by atoms with Crippen LogP contribution < -0.4 is 11.1 Å². The fourth-order valence-electron chi connectivity index (χ4n) is 1.15. The van der Waals surface area contributed by atoms with Crippen LogP contribution in [-0.4, -0.2) is 24.2 Å². The third-order valence-electron chi connectivity index (χ3n) is 1.82. The van der Waals surface area contributed by atoms with Crippen molar-refractivity contribution in [2.24, 2.45) is 5.73 Å². The lowest BCUT2D eigenvalue weighted by Gasteiger charge is -2.03. The maximum atomic E-state index is 10.6. The highest BCUT2D eigenvalue weighted by Gasteiger charge is 2.02. The van der Waals surface area contributed by atoms with Crippen molar-refractivity contribution in [3.05, 3.63) is 35.4 Å². The van der Waals surface area contributed by atoms with Crippen molar-refractivity contribution in [1.29, 1.82) is 0 Å². The van der Waals surface area contributed by atoms with E-state index in [-0.39, 0.29) is 0 Å². The van der Waals surface area contributed by atoms with E-state index in [9.17, 15) is 4.79 Å². The second-order valence-corrected chi connectivity index (χ2v) is 2.97. The normalized spacial score (nSPS) is 10.1. The molecule has 0 atom stereocenters. The Bertz CT molecular complexity index is 313. The van der Waals surface area contributed by atoms with Crippen molar-refractivity contribution in [2.45, 2.75) is 6.54 Å². The Labute approximate surface area is 82.7 Å². The second kappa shape index (κ2) is 5.36. The van der Waals surface area contributed by atoms with E-state index < -0.39 is 5.97 Å². The summed E-state index contributed by atoms with van der Waals surface area (Å²) in [6.45, 7) is 1.97. The minimum Gasteiger partial charge on any atom is -0.478 e. The minimum atomic E-state index is -0.898. The lowest BCUT2D eigenvalue weighted by Crippen LogP contribution is -2.21. The molecule has 0 aliphatic heterocycles. The van der Waals surface area contributed by atoms with Crippen LogP contribution >= 0.6 is 0 Å². The van der Waals surface area contributed by atoms with Crippen LogP contribution in [0.2, 0.25) is 0 Å². The average molecular weight is 194 g/mol. The molecule has 0 amide bonds.